The van der Waals surface area contributed by atoms with E-state index in [1.54, 1.807) is 19.1 Å². The average molecular weight is 236 g/mol. The van der Waals surface area contributed by atoms with Crippen molar-refractivity contribution in [2.24, 2.45) is 0 Å². The molecule has 1 rings (SSSR count). The van der Waals surface area contributed by atoms with E-state index in [9.17, 15) is 9.59 Å². The van der Waals surface area contributed by atoms with Crippen LogP contribution >= 0.6 is 0 Å². The molecule has 0 aliphatic carbocycles. The van der Waals surface area contributed by atoms with Crippen molar-refractivity contribution in [3.63, 3.8) is 0 Å². The summed E-state index contributed by atoms with van der Waals surface area (Å²) in [7, 11) is 0. The minimum Gasteiger partial charge on any atom is -0.475 e. The predicted molar refractivity (Wildman–Crippen MR) is 65.3 cm³/mol. The maximum absolute atomic E-state index is 11.8. The van der Waals surface area contributed by atoms with Gasteiger partial charge in [0, 0.05) is 11.6 Å². The summed E-state index contributed by atoms with van der Waals surface area (Å²) in [5.41, 5.74) is 0.283. The molecule has 1 aromatic heterocycles. The lowest BCUT2D eigenvalue weighted by Crippen LogP contribution is -2.13. The van der Waals surface area contributed by atoms with Crippen molar-refractivity contribution in [3.8, 4) is 0 Å². The van der Waals surface area contributed by atoms with Gasteiger partial charge in [-0.15, -0.1) is 0 Å². The fraction of sp³-hybridized carbons (Fsp3) is 0.385. The highest BCUT2D eigenvalue weighted by Gasteiger charge is 2.13. The van der Waals surface area contributed by atoms with Crippen molar-refractivity contribution < 1.29 is 14.3 Å². The highest BCUT2D eigenvalue weighted by Crippen LogP contribution is 2.13. The van der Waals surface area contributed by atoms with Crippen LogP contribution in [0.5, 0.6) is 0 Å². The van der Waals surface area contributed by atoms with Crippen molar-refractivity contribution in [3.05, 3.63) is 39.4 Å². The van der Waals surface area contributed by atoms with E-state index in [1.165, 1.54) is 0 Å². The smallest absolute Gasteiger partial charge is 0.371 e. The third kappa shape index (κ3) is 3.31. The van der Waals surface area contributed by atoms with E-state index in [0.717, 1.165) is 18.9 Å². The fourth-order valence-electron chi connectivity index (χ4n) is 1.53. The summed E-state index contributed by atoms with van der Waals surface area (Å²) in [5.74, 6) is -1.19. The lowest BCUT2D eigenvalue weighted by Gasteiger charge is -2.04. The molecule has 17 heavy (non-hydrogen) atoms. The second-order valence-corrected chi connectivity index (χ2v) is 3.73. The standard InChI is InChI=1S/C13H16O4/c1-3-5-7-9-10(14)8-12(13(15)16)17-11(9)6-4-2/h4,6,8H,3,5,7H2,1-2H3,(H,15,16)/b6-4+. The van der Waals surface area contributed by atoms with Gasteiger partial charge in [0.05, 0.1) is 0 Å². The minimum atomic E-state index is -1.23. The number of carbonyl (C=O) groups is 1. The molecule has 4 nitrogen and oxygen atoms in total. The van der Waals surface area contributed by atoms with Crippen LogP contribution in [-0.4, -0.2) is 11.1 Å². The first-order chi connectivity index (χ1) is 8.10. The van der Waals surface area contributed by atoms with E-state index in [2.05, 4.69) is 0 Å². The highest BCUT2D eigenvalue weighted by atomic mass is 16.4. The lowest BCUT2D eigenvalue weighted by atomic mass is 10.1. The third-order valence-corrected chi connectivity index (χ3v) is 2.39. The average Bonchev–Trinajstić information content (AvgIpc) is 2.28. The first-order valence-corrected chi connectivity index (χ1v) is 5.63. The molecule has 4 heteroatoms. The second-order valence-electron chi connectivity index (χ2n) is 3.73. The zero-order valence-corrected chi connectivity index (χ0v) is 10.0. The normalized spacial score (nSPS) is 10.9. The van der Waals surface area contributed by atoms with Gasteiger partial charge in [0.25, 0.3) is 0 Å². The zero-order chi connectivity index (χ0) is 12.8. The van der Waals surface area contributed by atoms with E-state index in [0.29, 0.717) is 17.7 Å². The molecule has 0 bridgehead atoms. The van der Waals surface area contributed by atoms with Crippen LogP contribution in [0, 0.1) is 0 Å². The number of allylic oxidation sites excluding steroid dienone is 1. The highest BCUT2D eigenvalue weighted by molar-refractivity contribution is 5.84. The van der Waals surface area contributed by atoms with Crippen molar-refractivity contribution in [2.45, 2.75) is 33.1 Å². The summed E-state index contributed by atoms with van der Waals surface area (Å²) in [6, 6.07) is 1.04. The maximum Gasteiger partial charge on any atom is 0.371 e. The van der Waals surface area contributed by atoms with Crippen LogP contribution in [0.2, 0.25) is 0 Å². The molecule has 0 amide bonds. The molecule has 0 atom stereocenters. The minimum absolute atomic E-state index is 0.268. The maximum atomic E-state index is 11.8. The Hall–Kier alpha value is -1.84. The van der Waals surface area contributed by atoms with Crippen LogP contribution in [0.25, 0.3) is 6.08 Å². The molecular weight excluding hydrogens is 220 g/mol. The van der Waals surface area contributed by atoms with Gasteiger partial charge in [-0.25, -0.2) is 4.79 Å². The van der Waals surface area contributed by atoms with Gasteiger partial charge in [0.15, 0.2) is 5.43 Å². The zero-order valence-electron chi connectivity index (χ0n) is 10.0. The number of unbranched alkanes of at least 4 members (excludes halogenated alkanes) is 1. The van der Waals surface area contributed by atoms with E-state index in [1.807, 2.05) is 6.92 Å². The van der Waals surface area contributed by atoms with E-state index >= 15 is 0 Å². The molecular formula is C13H16O4. The monoisotopic (exact) mass is 236 g/mol. The molecule has 0 fully saturated rings. The Morgan fingerprint density at radius 3 is 2.76 bits per heavy atom. The second kappa shape index (κ2) is 6.03. The van der Waals surface area contributed by atoms with Crippen LogP contribution in [-0.2, 0) is 6.42 Å². The largest absolute Gasteiger partial charge is 0.475 e. The SMILES string of the molecule is C/C=C/c1oc(C(=O)O)cc(=O)c1CCCC. The summed E-state index contributed by atoms with van der Waals surface area (Å²) in [6.45, 7) is 3.82. The van der Waals surface area contributed by atoms with E-state index < -0.39 is 5.97 Å². The predicted octanol–water partition coefficient (Wildman–Crippen LogP) is 2.71. The summed E-state index contributed by atoms with van der Waals surface area (Å²) in [5, 5.41) is 8.81. The number of rotatable bonds is 5. The first-order valence-electron chi connectivity index (χ1n) is 5.63. The van der Waals surface area contributed by atoms with Gasteiger partial charge >= 0.3 is 5.97 Å². The Kier molecular flexibility index (Phi) is 4.69. The van der Waals surface area contributed by atoms with Gasteiger partial charge in [-0.1, -0.05) is 19.4 Å². The van der Waals surface area contributed by atoms with E-state index in [4.69, 9.17) is 9.52 Å². The van der Waals surface area contributed by atoms with Gasteiger partial charge < -0.3 is 9.52 Å². The molecule has 92 valence electrons. The number of aromatic carboxylic acids is 1. The fourth-order valence-corrected chi connectivity index (χ4v) is 1.53. The van der Waals surface area contributed by atoms with Gasteiger partial charge in [0.1, 0.15) is 5.76 Å². The molecule has 0 spiro atoms. The summed E-state index contributed by atoms with van der Waals surface area (Å²) in [6.07, 6.45) is 5.80. The number of carboxylic acid groups (broad SMARTS) is 1. The van der Waals surface area contributed by atoms with Crippen LogP contribution in [0.3, 0.4) is 0 Å². The lowest BCUT2D eigenvalue weighted by molar-refractivity contribution is 0.0658. The molecule has 1 N–H and O–H groups in total. The Bertz CT molecular complexity index is 483. The molecule has 1 heterocycles. The third-order valence-electron chi connectivity index (χ3n) is 2.39. The van der Waals surface area contributed by atoms with Gasteiger partial charge in [-0.3, -0.25) is 4.79 Å². The Labute approximate surface area is 99.6 Å². The summed E-state index contributed by atoms with van der Waals surface area (Å²) < 4.78 is 5.20. The quantitative estimate of drug-likeness (QED) is 0.853. The Morgan fingerprint density at radius 1 is 1.53 bits per heavy atom. The van der Waals surface area contributed by atoms with Gasteiger partial charge in [0.2, 0.25) is 5.76 Å². The van der Waals surface area contributed by atoms with E-state index in [-0.39, 0.29) is 11.2 Å². The van der Waals surface area contributed by atoms with Gasteiger partial charge in [-0.2, -0.15) is 0 Å². The van der Waals surface area contributed by atoms with Crippen LogP contribution in [0.15, 0.2) is 21.4 Å². The van der Waals surface area contributed by atoms with Crippen molar-refractivity contribution in [1.82, 2.24) is 0 Å². The molecule has 0 aliphatic heterocycles. The number of hydrogen-bond donors (Lipinski definition) is 1. The molecule has 0 saturated carbocycles. The van der Waals surface area contributed by atoms with Crippen LogP contribution in [0.4, 0.5) is 0 Å². The van der Waals surface area contributed by atoms with Crippen LogP contribution in [0.1, 0.15) is 48.6 Å². The Morgan fingerprint density at radius 2 is 2.24 bits per heavy atom. The summed E-state index contributed by atoms with van der Waals surface area (Å²) >= 11 is 0. The van der Waals surface area contributed by atoms with Crippen molar-refractivity contribution in [1.29, 1.82) is 0 Å². The van der Waals surface area contributed by atoms with Crippen LogP contribution < -0.4 is 5.43 Å². The molecule has 1 aromatic rings. The number of hydrogen-bond acceptors (Lipinski definition) is 3. The van der Waals surface area contributed by atoms with Crippen molar-refractivity contribution in [2.75, 3.05) is 0 Å². The molecule has 0 unspecified atom stereocenters. The summed E-state index contributed by atoms with van der Waals surface area (Å²) in [4.78, 5) is 22.6. The molecule has 0 radical (unpaired) electrons. The number of carboxylic acids is 1. The van der Waals surface area contributed by atoms with Gasteiger partial charge in [-0.05, 0) is 25.8 Å². The topological polar surface area (TPSA) is 67.5 Å². The molecule has 0 saturated heterocycles. The first kappa shape index (κ1) is 13.2. The molecule has 0 aliphatic rings. The Balaban J connectivity index is 3.28. The molecule has 0 aromatic carbocycles. The van der Waals surface area contributed by atoms with Crippen molar-refractivity contribution >= 4 is 12.0 Å².